The van der Waals surface area contributed by atoms with Crippen molar-refractivity contribution in [1.29, 1.82) is 0 Å². The van der Waals surface area contributed by atoms with Crippen LogP contribution in [0.25, 0.3) is 0 Å². The first kappa shape index (κ1) is 13.6. The number of benzene rings is 1. The highest BCUT2D eigenvalue weighted by atomic mass is 16.5. The molecule has 0 aromatic heterocycles. The van der Waals surface area contributed by atoms with E-state index in [4.69, 9.17) is 4.74 Å². The van der Waals surface area contributed by atoms with Crippen LogP contribution in [0.3, 0.4) is 0 Å². The molecule has 1 atom stereocenters. The van der Waals surface area contributed by atoms with Gasteiger partial charge in [-0.1, -0.05) is 26.3 Å². The van der Waals surface area contributed by atoms with Gasteiger partial charge in [0.15, 0.2) is 0 Å². The van der Waals surface area contributed by atoms with Crippen molar-refractivity contribution in [3.8, 4) is 0 Å². The summed E-state index contributed by atoms with van der Waals surface area (Å²) in [6, 6.07) is 7.91. The summed E-state index contributed by atoms with van der Waals surface area (Å²) < 4.78 is 4.70. The van der Waals surface area contributed by atoms with Gasteiger partial charge in [0.2, 0.25) is 0 Å². The third-order valence-corrected chi connectivity index (χ3v) is 2.78. The quantitative estimate of drug-likeness (QED) is 0.767. The number of anilines is 1. The molecule has 1 N–H and O–H groups in total. The summed E-state index contributed by atoms with van der Waals surface area (Å²) in [5.41, 5.74) is 1.57. The summed E-state index contributed by atoms with van der Waals surface area (Å²) in [5.74, 6) is -0.294. The lowest BCUT2D eigenvalue weighted by Crippen LogP contribution is -2.18. The first-order chi connectivity index (χ1) is 8.21. The van der Waals surface area contributed by atoms with Crippen LogP contribution in [0.5, 0.6) is 0 Å². The van der Waals surface area contributed by atoms with Crippen LogP contribution in [0, 0.1) is 0 Å². The van der Waals surface area contributed by atoms with Gasteiger partial charge in [-0.2, -0.15) is 0 Å². The first-order valence-electron chi connectivity index (χ1n) is 6.16. The van der Waals surface area contributed by atoms with Gasteiger partial charge in [-0.15, -0.1) is 0 Å². The van der Waals surface area contributed by atoms with Crippen molar-refractivity contribution < 1.29 is 9.53 Å². The van der Waals surface area contributed by atoms with Gasteiger partial charge in [0.1, 0.15) is 0 Å². The fourth-order valence-corrected chi connectivity index (χ4v) is 1.82. The van der Waals surface area contributed by atoms with Gasteiger partial charge in [-0.3, -0.25) is 0 Å². The van der Waals surface area contributed by atoms with Crippen LogP contribution in [-0.2, 0) is 4.74 Å². The van der Waals surface area contributed by atoms with Gasteiger partial charge >= 0.3 is 5.97 Å². The van der Waals surface area contributed by atoms with Crippen LogP contribution in [0.1, 0.15) is 43.5 Å². The Balaban J connectivity index is 2.74. The van der Waals surface area contributed by atoms with Gasteiger partial charge in [-0.05, 0) is 31.0 Å². The van der Waals surface area contributed by atoms with Crippen molar-refractivity contribution in [3.05, 3.63) is 29.8 Å². The zero-order valence-corrected chi connectivity index (χ0v) is 10.8. The summed E-state index contributed by atoms with van der Waals surface area (Å²) in [7, 11) is 1.40. The van der Waals surface area contributed by atoms with Crippen LogP contribution >= 0.6 is 0 Å². The number of carbonyl (C=O) groups is 1. The Kier molecular flexibility index (Phi) is 5.53. The van der Waals surface area contributed by atoms with Gasteiger partial charge in [-0.25, -0.2) is 4.79 Å². The molecule has 0 saturated carbocycles. The van der Waals surface area contributed by atoms with E-state index < -0.39 is 0 Å². The average Bonchev–Trinajstić information content (AvgIpc) is 2.37. The summed E-state index contributed by atoms with van der Waals surface area (Å²) >= 11 is 0. The van der Waals surface area contributed by atoms with Gasteiger partial charge in [0, 0.05) is 11.7 Å². The molecule has 0 spiro atoms. The zero-order valence-electron chi connectivity index (χ0n) is 10.8. The smallest absolute Gasteiger partial charge is 0.337 e. The molecule has 0 bridgehead atoms. The molecule has 0 aliphatic carbocycles. The zero-order chi connectivity index (χ0) is 12.7. The molecule has 1 rings (SSSR count). The number of hydrogen-bond donors (Lipinski definition) is 1. The molecule has 0 saturated heterocycles. The molecule has 1 aromatic rings. The summed E-state index contributed by atoms with van der Waals surface area (Å²) in [6.07, 6.45) is 3.37. The molecule has 0 heterocycles. The second-order valence-corrected chi connectivity index (χ2v) is 4.11. The maximum atomic E-state index is 11.4. The molecule has 1 aromatic carbocycles. The standard InChI is InChI=1S/C14H21NO2/c1-4-7-12(5-2)15-13-9-6-8-11(10-13)14(16)17-3/h6,8-10,12,15H,4-5,7H2,1-3H3. The molecule has 0 radical (unpaired) electrons. The lowest BCUT2D eigenvalue weighted by molar-refractivity contribution is 0.0601. The number of nitrogens with one attached hydrogen (secondary N) is 1. The summed E-state index contributed by atoms with van der Waals surface area (Å²) in [4.78, 5) is 11.4. The SMILES string of the molecule is CCCC(CC)Nc1cccc(C(=O)OC)c1. The molecule has 0 fully saturated rings. The normalized spacial score (nSPS) is 11.9. The molecule has 17 heavy (non-hydrogen) atoms. The largest absolute Gasteiger partial charge is 0.465 e. The monoisotopic (exact) mass is 235 g/mol. The number of rotatable bonds is 6. The van der Waals surface area contributed by atoms with Crippen LogP contribution in [0.4, 0.5) is 5.69 Å². The average molecular weight is 235 g/mol. The Morgan fingerprint density at radius 3 is 2.76 bits per heavy atom. The molecular formula is C14H21NO2. The predicted molar refractivity (Wildman–Crippen MR) is 70.4 cm³/mol. The van der Waals surface area contributed by atoms with Crippen molar-refractivity contribution >= 4 is 11.7 Å². The number of esters is 1. The topological polar surface area (TPSA) is 38.3 Å². The Morgan fingerprint density at radius 1 is 1.41 bits per heavy atom. The van der Waals surface area contributed by atoms with E-state index in [1.165, 1.54) is 7.11 Å². The second kappa shape index (κ2) is 6.94. The fourth-order valence-electron chi connectivity index (χ4n) is 1.82. The molecule has 3 nitrogen and oxygen atoms in total. The van der Waals surface area contributed by atoms with E-state index in [9.17, 15) is 4.79 Å². The highest BCUT2D eigenvalue weighted by Gasteiger charge is 2.08. The summed E-state index contributed by atoms with van der Waals surface area (Å²) in [6.45, 7) is 4.34. The maximum Gasteiger partial charge on any atom is 0.337 e. The van der Waals surface area contributed by atoms with Crippen LogP contribution < -0.4 is 5.32 Å². The van der Waals surface area contributed by atoms with Gasteiger partial charge in [0.25, 0.3) is 0 Å². The van der Waals surface area contributed by atoms with Crippen molar-refractivity contribution in [2.45, 2.75) is 39.2 Å². The van der Waals surface area contributed by atoms with Crippen LogP contribution in [0.15, 0.2) is 24.3 Å². The van der Waals surface area contributed by atoms with Crippen molar-refractivity contribution in [1.82, 2.24) is 0 Å². The van der Waals surface area contributed by atoms with Crippen LogP contribution in [0.2, 0.25) is 0 Å². The molecule has 1 unspecified atom stereocenters. The van der Waals surface area contributed by atoms with E-state index in [0.717, 1.165) is 24.9 Å². The lowest BCUT2D eigenvalue weighted by Gasteiger charge is -2.17. The maximum absolute atomic E-state index is 11.4. The minimum absolute atomic E-state index is 0.294. The Bertz CT molecular complexity index is 363. The van der Waals surface area contributed by atoms with Crippen molar-refractivity contribution in [2.75, 3.05) is 12.4 Å². The Morgan fingerprint density at radius 2 is 2.18 bits per heavy atom. The fraction of sp³-hybridized carbons (Fsp3) is 0.500. The predicted octanol–water partition coefficient (Wildman–Crippen LogP) is 3.46. The van der Waals surface area contributed by atoms with E-state index in [-0.39, 0.29) is 5.97 Å². The van der Waals surface area contributed by atoms with E-state index in [1.54, 1.807) is 6.07 Å². The second-order valence-electron chi connectivity index (χ2n) is 4.11. The Hall–Kier alpha value is -1.51. The first-order valence-corrected chi connectivity index (χ1v) is 6.16. The molecular weight excluding hydrogens is 214 g/mol. The Labute approximate surface area is 103 Å². The minimum Gasteiger partial charge on any atom is -0.465 e. The van der Waals surface area contributed by atoms with Crippen LogP contribution in [-0.4, -0.2) is 19.1 Å². The number of methoxy groups -OCH3 is 1. The molecule has 0 aliphatic heterocycles. The molecule has 3 heteroatoms. The number of ether oxygens (including phenoxy) is 1. The highest BCUT2D eigenvalue weighted by molar-refractivity contribution is 5.90. The van der Waals surface area contributed by atoms with Crippen molar-refractivity contribution in [2.24, 2.45) is 0 Å². The molecule has 0 aliphatic rings. The van der Waals surface area contributed by atoms with Gasteiger partial charge < -0.3 is 10.1 Å². The number of carbonyl (C=O) groups excluding carboxylic acids is 1. The third-order valence-electron chi connectivity index (χ3n) is 2.78. The lowest BCUT2D eigenvalue weighted by atomic mass is 10.1. The molecule has 0 amide bonds. The minimum atomic E-state index is -0.294. The van der Waals surface area contributed by atoms with E-state index >= 15 is 0 Å². The highest BCUT2D eigenvalue weighted by Crippen LogP contribution is 2.15. The molecule has 94 valence electrons. The van der Waals surface area contributed by atoms with E-state index in [1.807, 2.05) is 18.2 Å². The van der Waals surface area contributed by atoms with E-state index in [2.05, 4.69) is 19.2 Å². The van der Waals surface area contributed by atoms with Crippen molar-refractivity contribution in [3.63, 3.8) is 0 Å². The number of hydrogen-bond acceptors (Lipinski definition) is 3. The third kappa shape index (κ3) is 4.10. The summed E-state index contributed by atoms with van der Waals surface area (Å²) in [5, 5.41) is 3.44. The van der Waals surface area contributed by atoms with E-state index in [0.29, 0.717) is 11.6 Å². The van der Waals surface area contributed by atoms with Gasteiger partial charge in [0.05, 0.1) is 12.7 Å².